The van der Waals surface area contributed by atoms with E-state index in [4.69, 9.17) is 0 Å². The molecule has 0 aliphatic carbocycles. The Morgan fingerprint density at radius 2 is 1.51 bits per heavy atom. The lowest BCUT2D eigenvalue weighted by atomic mass is 9.99. The summed E-state index contributed by atoms with van der Waals surface area (Å²) in [5.74, 6) is 0.374. The van der Waals surface area contributed by atoms with Crippen molar-refractivity contribution in [2.45, 2.75) is 84.8 Å². The van der Waals surface area contributed by atoms with Gasteiger partial charge in [-0.05, 0) is 54.9 Å². The van der Waals surface area contributed by atoms with Crippen LogP contribution >= 0.6 is 0 Å². The molecule has 2 amide bonds. The summed E-state index contributed by atoms with van der Waals surface area (Å²) in [6, 6.07) is 26.1. The maximum atomic E-state index is 13.8. The van der Waals surface area contributed by atoms with Crippen LogP contribution in [0.1, 0.15) is 74.3 Å². The van der Waals surface area contributed by atoms with Crippen LogP contribution in [0.2, 0.25) is 0 Å². The van der Waals surface area contributed by atoms with Gasteiger partial charge in [-0.3, -0.25) is 9.59 Å². The van der Waals surface area contributed by atoms with E-state index >= 15 is 0 Å². The van der Waals surface area contributed by atoms with Crippen LogP contribution in [0.3, 0.4) is 0 Å². The molecule has 0 aliphatic rings. The second kappa shape index (κ2) is 13.8. The molecule has 0 saturated carbocycles. The van der Waals surface area contributed by atoms with E-state index in [-0.39, 0.29) is 17.9 Å². The predicted molar refractivity (Wildman–Crippen MR) is 152 cm³/mol. The van der Waals surface area contributed by atoms with Gasteiger partial charge in [0.2, 0.25) is 11.8 Å². The van der Waals surface area contributed by atoms with Gasteiger partial charge in [0, 0.05) is 25.4 Å². The van der Waals surface area contributed by atoms with Crippen LogP contribution in [0.5, 0.6) is 0 Å². The molecule has 0 spiro atoms. The van der Waals surface area contributed by atoms with Crippen molar-refractivity contribution in [3.05, 3.63) is 107 Å². The highest BCUT2D eigenvalue weighted by atomic mass is 16.2. The maximum Gasteiger partial charge on any atom is 0.243 e. The Kier molecular flexibility index (Phi) is 10.5. The number of benzene rings is 3. The summed E-state index contributed by atoms with van der Waals surface area (Å²) >= 11 is 0. The van der Waals surface area contributed by atoms with Crippen LogP contribution in [0.4, 0.5) is 0 Å². The third-order valence-corrected chi connectivity index (χ3v) is 6.98. The summed E-state index contributed by atoms with van der Waals surface area (Å²) in [4.78, 5) is 29.2. The molecular formula is C33H42N2O2. The molecule has 37 heavy (non-hydrogen) atoms. The minimum Gasteiger partial charge on any atom is -0.352 e. The van der Waals surface area contributed by atoms with Crippen LogP contribution < -0.4 is 5.32 Å². The van der Waals surface area contributed by atoms with Crippen molar-refractivity contribution in [3.8, 4) is 0 Å². The van der Waals surface area contributed by atoms with Crippen molar-refractivity contribution in [2.24, 2.45) is 0 Å². The minimum atomic E-state index is -0.590. The highest BCUT2D eigenvalue weighted by molar-refractivity contribution is 5.88. The van der Waals surface area contributed by atoms with Gasteiger partial charge in [0.15, 0.2) is 0 Å². The number of hydrogen-bond donors (Lipinski definition) is 1. The average molecular weight is 499 g/mol. The molecule has 3 aromatic rings. The second-order valence-corrected chi connectivity index (χ2v) is 10.4. The highest BCUT2D eigenvalue weighted by Crippen LogP contribution is 2.19. The van der Waals surface area contributed by atoms with Crippen LogP contribution in [0.25, 0.3) is 0 Å². The summed E-state index contributed by atoms with van der Waals surface area (Å²) < 4.78 is 0. The first-order valence-corrected chi connectivity index (χ1v) is 13.5. The molecule has 0 radical (unpaired) electrons. The zero-order valence-electron chi connectivity index (χ0n) is 23.0. The molecule has 196 valence electrons. The van der Waals surface area contributed by atoms with Crippen molar-refractivity contribution in [3.63, 3.8) is 0 Å². The monoisotopic (exact) mass is 498 g/mol. The fourth-order valence-corrected chi connectivity index (χ4v) is 4.47. The Bertz CT molecular complexity index is 1140. The maximum absolute atomic E-state index is 13.8. The Hall–Kier alpha value is -3.40. The summed E-state index contributed by atoms with van der Waals surface area (Å²) in [6.07, 6.45) is 2.31. The summed E-state index contributed by atoms with van der Waals surface area (Å²) in [5.41, 5.74) is 5.64. The highest BCUT2D eigenvalue weighted by Gasteiger charge is 2.30. The van der Waals surface area contributed by atoms with Gasteiger partial charge in [-0.25, -0.2) is 0 Å². The number of aryl methyl sites for hydroxylation is 2. The van der Waals surface area contributed by atoms with E-state index in [0.29, 0.717) is 31.7 Å². The lowest BCUT2D eigenvalue weighted by Crippen LogP contribution is -2.52. The molecule has 0 heterocycles. The Labute approximate surface area is 223 Å². The number of nitrogens with zero attached hydrogens (tertiary/aromatic N) is 1. The fourth-order valence-electron chi connectivity index (χ4n) is 4.47. The van der Waals surface area contributed by atoms with E-state index < -0.39 is 6.04 Å². The first-order valence-electron chi connectivity index (χ1n) is 13.5. The van der Waals surface area contributed by atoms with Crippen LogP contribution in [0, 0.1) is 6.92 Å². The third-order valence-electron chi connectivity index (χ3n) is 6.98. The largest absolute Gasteiger partial charge is 0.352 e. The zero-order valence-corrected chi connectivity index (χ0v) is 23.0. The van der Waals surface area contributed by atoms with Crippen molar-refractivity contribution >= 4 is 11.8 Å². The molecule has 0 bridgehead atoms. The number of rotatable bonds is 12. The smallest absolute Gasteiger partial charge is 0.243 e. The molecule has 4 heteroatoms. The van der Waals surface area contributed by atoms with E-state index in [1.165, 1.54) is 5.56 Å². The third kappa shape index (κ3) is 8.59. The van der Waals surface area contributed by atoms with E-state index in [9.17, 15) is 9.59 Å². The summed E-state index contributed by atoms with van der Waals surface area (Å²) in [5, 5.41) is 3.14. The lowest BCUT2D eigenvalue weighted by molar-refractivity contribution is -0.141. The lowest BCUT2D eigenvalue weighted by Gasteiger charge is -2.32. The van der Waals surface area contributed by atoms with E-state index in [1.807, 2.05) is 62.4 Å². The normalized spacial score (nSPS) is 12.7. The van der Waals surface area contributed by atoms with Crippen LogP contribution in [-0.4, -0.2) is 28.8 Å². The predicted octanol–water partition coefficient (Wildman–Crippen LogP) is 6.61. The molecule has 0 aromatic heterocycles. The van der Waals surface area contributed by atoms with E-state index in [2.05, 4.69) is 56.4 Å². The molecule has 2 atom stereocenters. The standard InChI is InChI=1S/C33H42N2O2/c1-6-26(5)34-33(37)31(22-28-12-8-7-9-13-28)35(23-29-14-10-11-25(4)21-29)32(36)20-17-27-15-18-30(19-16-27)24(2)3/h7-16,18-19,21,24,26,31H,6,17,20,22-23H2,1-5H3,(H,34,37)/t26-,31-/m0/s1. The van der Waals surface area contributed by atoms with Crippen molar-refractivity contribution in [1.82, 2.24) is 10.2 Å². The quantitative estimate of drug-likeness (QED) is 0.306. The Balaban J connectivity index is 1.89. The van der Waals surface area contributed by atoms with E-state index in [1.54, 1.807) is 4.90 Å². The van der Waals surface area contributed by atoms with Gasteiger partial charge in [0.05, 0.1) is 0 Å². The van der Waals surface area contributed by atoms with Crippen molar-refractivity contribution < 1.29 is 9.59 Å². The van der Waals surface area contributed by atoms with Crippen LogP contribution in [0.15, 0.2) is 78.9 Å². The molecule has 0 fully saturated rings. The Morgan fingerprint density at radius 3 is 2.14 bits per heavy atom. The molecule has 3 aromatic carbocycles. The van der Waals surface area contributed by atoms with Crippen LogP contribution in [-0.2, 0) is 29.0 Å². The number of carbonyl (C=O) groups is 2. The van der Waals surface area contributed by atoms with Gasteiger partial charge in [0.1, 0.15) is 6.04 Å². The molecular weight excluding hydrogens is 456 g/mol. The van der Waals surface area contributed by atoms with Gasteiger partial charge in [0.25, 0.3) is 0 Å². The summed E-state index contributed by atoms with van der Waals surface area (Å²) in [7, 11) is 0. The molecule has 1 N–H and O–H groups in total. The second-order valence-electron chi connectivity index (χ2n) is 10.4. The number of amides is 2. The van der Waals surface area contributed by atoms with Gasteiger partial charge >= 0.3 is 0 Å². The molecule has 4 nitrogen and oxygen atoms in total. The molecule has 3 rings (SSSR count). The first-order chi connectivity index (χ1) is 17.8. The minimum absolute atomic E-state index is 0.00493. The van der Waals surface area contributed by atoms with E-state index in [0.717, 1.165) is 28.7 Å². The molecule has 0 aliphatic heterocycles. The van der Waals surface area contributed by atoms with Gasteiger partial charge < -0.3 is 10.2 Å². The topological polar surface area (TPSA) is 49.4 Å². The number of nitrogens with one attached hydrogen (secondary N) is 1. The van der Waals surface area contributed by atoms with Gasteiger partial charge in [-0.2, -0.15) is 0 Å². The SMILES string of the molecule is CC[C@H](C)NC(=O)[C@H](Cc1ccccc1)N(Cc1cccc(C)c1)C(=O)CCc1ccc(C(C)C)cc1. The van der Waals surface area contributed by atoms with Gasteiger partial charge in [-0.1, -0.05) is 105 Å². The van der Waals surface area contributed by atoms with Crippen molar-refractivity contribution in [2.75, 3.05) is 0 Å². The first kappa shape index (κ1) is 28.2. The molecule has 0 unspecified atom stereocenters. The number of carbonyl (C=O) groups excluding carboxylic acids is 2. The zero-order chi connectivity index (χ0) is 26.8. The van der Waals surface area contributed by atoms with Crippen molar-refractivity contribution in [1.29, 1.82) is 0 Å². The fraction of sp³-hybridized carbons (Fsp3) is 0.394. The van der Waals surface area contributed by atoms with Gasteiger partial charge in [-0.15, -0.1) is 0 Å². The summed E-state index contributed by atoms with van der Waals surface area (Å²) in [6.45, 7) is 10.9. The average Bonchev–Trinajstić information content (AvgIpc) is 2.90. The molecule has 0 saturated heterocycles. The Morgan fingerprint density at radius 1 is 0.838 bits per heavy atom. The number of hydrogen-bond acceptors (Lipinski definition) is 2.